The first-order valence-corrected chi connectivity index (χ1v) is 7.96. The van der Waals surface area contributed by atoms with Gasteiger partial charge in [-0.25, -0.2) is 9.97 Å². The number of anilines is 1. The second kappa shape index (κ2) is 6.30. The average molecular weight is 305 g/mol. The molecule has 0 aliphatic carbocycles. The number of fused-ring (bicyclic) bond motifs is 1. The highest BCUT2D eigenvalue weighted by molar-refractivity contribution is 5.89. The lowest BCUT2D eigenvalue weighted by molar-refractivity contribution is 0.249. The number of aromatic nitrogens is 3. The van der Waals surface area contributed by atoms with E-state index in [4.69, 9.17) is 0 Å². The monoisotopic (exact) mass is 305 g/mol. The lowest BCUT2D eigenvalue weighted by Crippen LogP contribution is -2.46. The van der Waals surface area contributed by atoms with Crippen molar-refractivity contribution in [2.24, 2.45) is 0 Å². The Morgan fingerprint density at radius 3 is 2.61 bits per heavy atom. The van der Waals surface area contributed by atoms with Gasteiger partial charge in [0.25, 0.3) is 0 Å². The molecule has 116 valence electrons. The highest BCUT2D eigenvalue weighted by Crippen LogP contribution is 2.23. The Morgan fingerprint density at radius 2 is 1.78 bits per heavy atom. The molecule has 0 radical (unpaired) electrons. The van der Waals surface area contributed by atoms with Crippen LogP contribution < -0.4 is 4.90 Å². The minimum atomic E-state index is 0.964. The molecule has 0 unspecified atom stereocenters. The van der Waals surface area contributed by atoms with E-state index in [9.17, 15) is 0 Å². The molecule has 0 amide bonds. The van der Waals surface area contributed by atoms with Gasteiger partial charge in [0.1, 0.15) is 12.1 Å². The predicted octanol–water partition coefficient (Wildman–Crippen LogP) is 2.35. The number of para-hydroxylation sites is 1. The van der Waals surface area contributed by atoms with E-state index in [-0.39, 0.29) is 0 Å². The quantitative estimate of drug-likeness (QED) is 0.743. The molecule has 1 aromatic carbocycles. The van der Waals surface area contributed by atoms with Crippen LogP contribution in [0.3, 0.4) is 0 Å². The molecule has 1 aliphatic rings. The summed E-state index contributed by atoms with van der Waals surface area (Å²) >= 11 is 0. The fourth-order valence-electron chi connectivity index (χ4n) is 3.11. The van der Waals surface area contributed by atoms with Gasteiger partial charge in [0.2, 0.25) is 0 Å². The van der Waals surface area contributed by atoms with Crippen LogP contribution in [0, 0.1) is 0 Å². The average Bonchev–Trinajstić information content (AvgIpc) is 2.63. The van der Waals surface area contributed by atoms with Crippen molar-refractivity contribution >= 4 is 16.7 Å². The molecule has 0 atom stereocenters. The molecule has 4 rings (SSSR count). The highest BCUT2D eigenvalue weighted by atomic mass is 15.3. The lowest BCUT2D eigenvalue weighted by atomic mass is 10.2. The van der Waals surface area contributed by atoms with E-state index in [1.807, 2.05) is 36.7 Å². The maximum absolute atomic E-state index is 4.53. The van der Waals surface area contributed by atoms with Gasteiger partial charge in [0.15, 0.2) is 0 Å². The predicted molar refractivity (Wildman–Crippen MR) is 91.3 cm³/mol. The van der Waals surface area contributed by atoms with Crippen molar-refractivity contribution in [2.75, 3.05) is 31.1 Å². The molecule has 0 N–H and O–H groups in total. The Kier molecular flexibility index (Phi) is 3.86. The van der Waals surface area contributed by atoms with E-state index in [0.29, 0.717) is 0 Å². The molecule has 1 saturated heterocycles. The van der Waals surface area contributed by atoms with Gasteiger partial charge < -0.3 is 4.90 Å². The van der Waals surface area contributed by atoms with Crippen molar-refractivity contribution in [1.29, 1.82) is 0 Å². The van der Waals surface area contributed by atoms with Gasteiger partial charge >= 0.3 is 0 Å². The maximum Gasteiger partial charge on any atom is 0.139 e. The summed E-state index contributed by atoms with van der Waals surface area (Å²) in [5.41, 5.74) is 2.28. The van der Waals surface area contributed by atoms with Crippen LogP contribution >= 0.6 is 0 Å². The number of hydrogen-bond acceptors (Lipinski definition) is 5. The van der Waals surface area contributed by atoms with E-state index in [1.54, 1.807) is 6.33 Å². The molecule has 3 aromatic rings. The third kappa shape index (κ3) is 3.00. The zero-order valence-electron chi connectivity index (χ0n) is 13.0. The summed E-state index contributed by atoms with van der Waals surface area (Å²) in [5.74, 6) is 1.05. The number of hydrogen-bond donors (Lipinski definition) is 0. The summed E-state index contributed by atoms with van der Waals surface area (Å²) in [6.07, 6.45) is 5.44. The summed E-state index contributed by atoms with van der Waals surface area (Å²) in [5, 5.41) is 1.13. The van der Waals surface area contributed by atoms with Crippen LogP contribution in [-0.4, -0.2) is 46.0 Å². The van der Waals surface area contributed by atoms with E-state index >= 15 is 0 Å². The first-order valence-electron chi connectivity index (χ1n) is 7.96. The van der Waals surface area contributed by atoms with Gasteiger partial charge in [-0.3, -0.25) is 9.88 Å². The number of rotatable bonds is 3. The minimum absolute atomic E-state index is 0.964. The van der Waals surface area contributed by atoms with E-state index in [0.717, 1.165) is 49.4 Å². The Labute approximate surface area is 135 Å². The molecule has 0 bridgehead atoms. The highest BCUT2D eigenvalue weighted by Gasteiger charge is 2.19. The van der Waals surface area contributed by atoms with Crippen LogP contribution in [0.2, 0.25) is 0 Å². The van der Waals surface area contributed by atoms with Crippen molar-refractivity contribution in [3.8, 4) is 0 Å². The summed E-state index contributed by atoms with van der Waals surface area (Å²) < 4.78 is 0. The second-order valence-corrected chi connectivity index (χ2v) is 5.84. The Hall–Kier alpha value is -2.53. The van der Waals surface area contributed by atoms with E-state index in [1.165, 1.54) is 5.56 Å². The zero-order valence-corrected chi connectivity index (χ0v) is 13.0. The van der Waals surface area contributed by atoms with E-state index in [2.05, 4.69) is 36.9 Å². The molecular weight excluding hydrogens is 286 g/mol. The molecule has 0 spiro atoms. The molecular formula is C18H19N5. The zero-order chi connectivity index (χ0) is 15.5. The second-order valence-electron chi connectivity index (χ2n) is 5.84. The first-order chi connectivity index (χ1) is 11.4. The fourth-order valence-corrected chi connectivity index (χ4v) is 3.11. The lowest BCUT2D eigenvalue weighted by Gasteiger charge is -2.35. The molecule has 23 heavy (non-hydrogen) atoms. The van der Waals surface area contributed by atoms with Gasteiger partial charge in [0, 0.05) is 50.5 Å². The molecule has 5 nitrogen and oxygen atoms in total. The number of piperazine rings is 1. The fraction of sp³-hybridized carbons (Fsp3) is 0.278. The van der Waals surface area contributed by atoms with Crippen LogP contribution in [0.25, 0.3) is 10.9 Å². The molecule has 5 heteroatoms. The third-order valence-electron chi connectivity index (χ3n) is 4.32. The maximum atomic E-state index is 4.53. The van der Waals surface area contributed by atoms with Crippen molar-refractivity contribution < 1.29 is 0 Å². The number of benzene rings is 1. The van der Waals surface area contributed by atoms with Gasteiger partial charge in [-0.1, -0.05) is 18.2 Å². The third-order valence-corrected chi connectivity index (χ3v) is 4.32. The van der Waals surface area contributed by atoms with Crippen LogP contribution in [0.1, 0.15) is 5.56 Å². The van der Waals surface area contributed by atoms with Crippen LogP contribution in [-0.2, 0) is 6.54 Å². The topological polar surface area (TPSA) is 45.2 Å². The minimum Gasteiger partial charge on any atom is -0.353 e. The van der Waals surface area contributed by atoms with Gasteiger partial charge in [-0.2, -0.15) is 0 Å². The molecule has 1 aliphatic heterocycles. The molecule has 1 fully saturated rings. The molecule has 2 aromatic heterocycles. The van der Waals surface area contributed by atoms with Crippen molar-refractivity contribution in [2.45, 2.75) is 6.54 Å². The first kappa shape index (κ1) is 14.1. The summed E-state index contributed by atoms with van der Waals surface area (Å²) in [4.78, 5) is 17.9. The molecule has 0 saturated carbocycles. The summed E-state index contributed by atoms with van der Waals surface area (Å²) in [6, 6.07) is 12.3. The Morgan fingerprint density at radius 1 is 0.913 bits per heavy atom. The normalized spacial score (nSPS) is 15.9. The smallest absolute Gasteiger partial charge is 0.139 e. The van der Waals surface area contributed by atoms with Crippen molar-refractivity contribution in [1.82, 2.24) is 19.9 Å². The van der Waals surface area contributed by atoms with E-state index < -0.39 is 0 Å². The van der Waals surface area contributed by atoms with Crippen molar-refractivity contribution in [3.63, 3.8) is 0 Å². The summed E-state index contributed by atoms with van der Waals surface area (Å²) in [7, 11) is 0. The Balaban J connectivity index is 1.47. The number of pyridine rings is 1. The largest absolute Gasteiger partial charge is 0.353 e. The molecule has 3 heterocycles. The van der Waals surface area contributed by atoms with Crippen LogP contribution in [0.5, 0.6) is 0 Å². The van der Waals surface area contributed by atoms with Crippen LogP contribution in [0.15, 0.2) is 55.1 Å². The van der Waals surface area contributed by atoms with Gasteiger partial charge in [-0.15, -0.1) is 0 Å². The van der Waals surface area contributed by atoms with Gasteiger partial charge in [0.05, 0.1) is 5.52 Å². The standard InChI is InChI=1S/C18H19N5/c1-2-6-17-16(5-1)18(21-14-20-17)23-10-8-22(9-11-23)13-15-4-3-7-19-12-15/h1-7,12,14H,8-11,13H2. The van der Waals surface area contributed by atoms with Crippen molar-refractivity contribution in [3.05, 3.63) is 60.7 Å². The number of nitrogens with zero attached hydrogens (tertiary/aromatic N) is 5. The Bertz CT molecular complexity index is 776. The van der Waals surface area contributed by atoms with Gasteiger partial charge in [-0.05, 0) is 23.8 Å². The SMILES string of the molecule is c1cncc(CN2CCN(c3ncnc4ccccc34)CC2)c1. The summed E-state index contributed by atoms with van der Waals surface area (Å²) in [6.45, 7) is 5.01. The van der Waals surface area contributed by atoms with Crippen LogP contribution in [0.4, 0.5) is 5.82 Å².